The summed E-state index contributed by atoms with van der Waals surface area (Å²) in [5.41, 5.74) is 0. The van der Waals surface area contributed by atoms with Crippen LogP contribution in [0, 0.1) is 5.92 Å². The molecule has 0 aliphatic carbocycles. The van der Waals surface area contributed by atoms with E-state index in [-0.39, 0.29) is 0 Å². The van der Waals surface area contributed by atoms with Crippen LogP contribution in [0.3, 0.4) is 0 Å². The van der Waals surface area contributed by atoms with Gasteiger partial charge in [-0.25, -0.2) is 10.1 Å². The van der Waals surface area contributed by atoms with E-state index in [1.165, 1.54) is 0 Å². The molecule has 0 heterocycles. The number of hydrogen-bond acceptors (Lipinski definition) is 8. The van der Waals surface area contributed by atoms with E-state index in [1.807, 2.05) is 0 Å². The van der Waals surface area contributed by atoms with E-state index in [9.17, 15) is 0 Å². The summed E-state index contributed by atoms with van der Waals surface area (Å²) < 4.78 is 0. The maximum absolute atomic E-state index is 7.54. The minimum Gasteiger partial charge on any atom is -0.219 e. The van der Waals surface area contributed by atoms with Crippen molar-refractivity contribution in [1.29, 1.82) is 0 Å². The van der Waals surface area contributed by atoms with Crippen LogP contribution in [0.25, 0.3) is 0 Å². The lowest BCUT2D eigenvalue weighted by atomic mass is 10.1. The molecule has 0 bridgehead atoms. The third-order valence-electron chi connectivity index (χ3n) is 1.58. The Kier molecular flexibility index (Phi) is 10.5. The lowest BCUT2D eigenvalue weighted by Gasteiger charge is -2.05. The molecule has 8 nitrogen and oxygen atoms in total. The van der Waals surface area contributed by atoms with E-state index in [1.54, 1.807) is 0 Å². The van der Waals surface area contributed by atoms with Crippen LogP contribution in [0.15, 0.2) is 0 Å². The van der Waals surface area contributed by atoms with Gasteiger partial charge in [-0.2, -0.15) is 0 Å². The molecule has 1 N–H and O–H groups in total. The van der Waals surface area contributed by atoms with E-state index >= 15 is 0 Å². The first-order valence-electron chi connectivity index (χ1n) is 4.07. The van der Waals surface area contributed by atoms with Gasteiger partial charge in [0.1, 0.15) is 0 Å². The average molecular weight is 214 g/mol. The van der Waals surface area contributed by atoms with Crippen LogP contribution in [-0.4, -0.2) is 11.9 Å². The van der Waals surface area contributed by atoms with Gasteiger partial charge in [-0.1, -0.05) is 20.3 Å². The predicted octanol–water partition coefficient (Wildman–Crippen LogP) is 1.50. The molecule has 0 saturated heterocycles. The molecule has 0 amide bonds. The number of rotatable bonds is 10. The highest BCUT2D eigenvalue weighted by atomic mass is 17.9. The summed E-state index contributed by atoms with van der Waals surface area (Å²) in [5.74, 6) is 0.543. The molecule has 8 heteroatoms. The van der Waals surface area contributed by atoms with Crippen molar-refractivity contribution in [3.05, 3.63) is 0 Å². The molecule has 86 valence electrons. The van der Waals surface area contributed by atoms with Gasteiger partial charge in [-0.05, 0) is 42.6 Å². The molecule has 0 aliphatic heterocycles. The monoisotopic (exact) mass is 214 g/mol. The maximum Gasteiger partial charge on any atom is 0.0857 e. The van der Waals surface area contributed by atoms with Crippen LogP contribution in [0.4, 0.5) is 0 Å². The molecule has 0 aliphatic rings. The Balaban J connectivity index is 2.92. The summed E-state index contributed by atoms with van der Waals surface area (Å²) >= 11 is 0. The summed E-state index contributed by atoms with van der Waals surface area (Å²) in [7, 11) is 0. The van der Waals surface area contributed by atoms with Crippen molar-refractivity contribution < 1.29 is 40.4 Å². The van der Waals surface area contributed by atoms with Gasteiger partial charge in [0.25, 0.3) is 0 Å². The topological polar surface area (TPSA) is 84.8 Å². The van der Waals surface area contributed by atoms with Gasteiger partial charge >= 0.3 is 0 Å². The van der Waals surface area contributed by atoms with Crippen molar-refractivity contribution in [3.63, 3.8) is 0 Å². The fourth-order valence-electron chi connectivity index (χ4n) is 0.554. The fraction of sp³-hybridized carbons (Fsp3) is 1.00. The highest BCUT2D eigenvalue weighted by Gasteiger charge is 1.99. The minimum atomic E-state index is 0.357. The Morgan fingerprint density at radius 2 is 1.71 bits per heavy atom. The van der Waals surface area contributed by atoms with Crippen LogP contribution in [-0.2, 0) is 35.1 Å². The molecule has 0 aromatic carbocycles. The maximum atomic E-state index is 7.54. The molecule has 1 unspecified atom stereocenters. The first kappa shape index (κ1) is 13.7. The van der Waals surface area contributed by atoms with Gasteiger partial charge in [0, 0.05) is 0 Å². The second-order valence-electron chi connectivity index (χ2n) is 2.54. The third kappa shape index (κ3) is 9.77. The Labute approximate surface area is 80.7 Å². The zero-order chi connectivity index (χ0) is 10.6. The van der Waals surface area contributed by atoms with E-state index in [0.717, 1.165) is 12.8 Å². The molecule has 0 saturated carbocycles. The van der Waals surface area contributed by atoms with Gasteiger partial charge in [-0.15, -0.1) is 0 Å². The molecule has 1 atom stereocenters. The molecule has 0 rings (SSSR count). The van der Waals surface area contributed by atoms with Crippen molar-refractivity contribution in [3.8, 4) is 0 Å². The number of hydrogen-bond donors (Lipinski definition) is 1. The van der Waals surface area contributed by atoms with Gasteiger partial charge in [0.15, 0.2) is 0 Å². The molecule has 0 fully saturated rings. The highest BCUT2D eigenvalue weighted by molar-refractivity contribution is 4.46. The lowest BCUT2D eigenvalue weighted by molar-refractivity contribution is -0.812. The first-order valence-corrected chi connectivity index (χ1v) is 4.07. The normalized spacial score (nSPS) is 13.1. The lowest BCUT2D eigenvalue weighted by Crippen LogP contribution is -2.04. The Morgan fingerprint density at radius 1 is 1.07 bits per heavy atom. The second-order valence-corrected chi connectivity index (χ2v) is 2.54. The van der Waals surface area contributed by atoms with E-state index in [0.29, 0.717) is 12.5 Å². The summed E-state index contributed by atoms with van der Waals surface area (Å²) in [4.78, 5) is 4.50. The summed E-state index contributed by atoms with van der Waals surface area (Å²) in [6.45, 7) is 4.51. The van der Waals surface area contributed by atoms with E-state index in [2.05, 4.69) is 49.0 Å². The van der Waals surface area contributed by atoms with Gasteiger partial charge in [-0.3, -0.25) is 0 Å². The van der Waals surface area contributed by atoms with E-state index < -0.39 is 0 Å². The van der Waals surface area contributed by atoms with Crippen molar-refractivity contribution in [1.82, 2.24) is 0 Å². The van der Waals surface area contributed by atoms with Crippen LogP contribution >= 0.6 is 0 Å². The molecule has 0 aromatic rings. The molecule has 14 heavy (non-hydrogen) atoms. The van der Waals surface area contributed by atoms with Crippen LogP contribution < -0.4 is 0 Å². The minimum absolute atomic E-state index is 0.357. The quantitative estimate of drug-likeness (QED) is 0.332. The molecule has 0 aromatic heterocycles. The average Bonchev–Trinajstić information content (AvgIpc) is 2.21. The predicted molar refractivity (Wildman–Crippen MR) is 39.2 cm³/mol. The smallest absolute Gasteiger partial charge is 0.0857 e. The van der Waals surface area contributed by atoms with Crippen molar-refractivity contribution in [2.45, 2.75) is 26.7 Å². The Bertz CT molecular complexity index is 110. The summed E-state index contributed by atoms with van der Waals surface area (Å²) in [6, 6.07) is 0. The standard InChI is InChI=1S/C6H14O8/c1-3-6(2)4-5-8-10-12-14-13-11-9-7/h6-7H,3-5H2,1-2H3. The Morgan fingerprint density at radius 3 is 2.36 bits per heavy atom. The highest BCUT2D eigenvalue weighted by Crippen LogP contribution is 2.05. The third-order valence-corrected chi connectivity index (χ3v) is 1.58. The van der Waals surface area contributed by atoms with Crippen molar-refractivity contribution in [2.75, 3.05) is 6.61 Å². The SMILES string of the molecule is CCC(C)CCOOOOOOOO. The molecular weight excluding hydrogens is 200 g/mol. The van der Waals surface area contributed by atoms with E-state index in [4.69, 9.17) is 5.26 Å². The van der Waals surface area contributed by atoms with Crippen LogP contribution in [0.5, 0.6) is 0 Å². The molecular formula is C6H14O8. The molecule has 0 radical (unpaired) electrons. The molecule has 0 spiro atoms. The van der Waals surface area contributed by atoms with Crippen LogP contribution in [0.2, 0.25) is 0 Å². The van der Waals surface area contributed by atoms with Gasteiger partial charge < -0.3 is 0 Å². The van der Waals surface area contributed by atoms with Crippen molar-refractivity contribution in [2.24, 2.45) is 5.92 Å². The zero-order valence-corrected chi connectivity index (χ0v) is 8.00. The van der Waals surface area contributed by atoms with Crippen molar-refractivity contribution >= 4 is 0 Å². The largest absolute Gasteiger partial charge is 0.219 e. The summed E-state index contributed by atoms with van der Waals surface area (Å²) in [5, 5.41) is 28.9. The van der Waals surface area contributed by atoms with Gasteiger partial charge in [0.05, 0.1) is 6.61 Å². The van der Waals surface area contributed by atoms with Gasteiger partial charge in [0.2, 0.25) is 0 Å². The first-order chi connectivity index (χ1) is 6.81. The second kappa shape index (κ2) is 10.8. The Hall–Kier alpha value is -0.320. The fourth-order valence-corrected chi connectivity index (χ4v) is 0.554. The summed E-state index contributed by atoms with van der Waals surface area (Å²) in [6.07, 6.45) is 1.89. The zero-order valence-electron chi connectivity index (χ0n) is 8.00. The van der Waals surface area contributed by atoms with Crippen LogP contribution in [0.1, 0.15) is 26.7 Å².